The van der Waals surface area contributed by atoms with Crippen LogP contribution in [0.5, 0.6) is 0 Å². The van der Waals surface area contributed by atoms with Crippen LogP contribution < -0.4 is 5.32 Å². The molecule has 1 aliphatic rings. The average Bonchev–Trinajstić information content (AvgIpc) is 3.14. The van der Waals surface area contributed by atoms with E-state index >= 15 is 0 Å². The van der Waals surface area contributed by atoms with Crippen molar-refractivity contribution in [2.45, 2.75) is 12.8 Å². The number of amides is 1. The van der Waals surface area contributed by atoms with Crippen molar-refractivity contribution in [1.82, 2.24) is 15.3 Å². The van der Waals surface area contributed by atoms with Gasteiger partial charge in [-0.1, -0.05) is 0 Å². The summed E-state index contributed by atoms with van der Waals surface area (Å²) in [4.78, 5) is 20.5. The second-order valence-corrected chi connectivity index (χ2v) is 8.61. The summed E-state index contributed by atoms with van der Waals surface area (Å²) in [5.41, 5.74) is 1.94. The lowest BCUT2D eigenvalue weighted by atomic mass is 10.1. The van der Waals surface area contributed by atoms with Crippen LogP contribution >= 0.6 is 11.3 Å². The lowest BCUT2D eigenvalue weighted by molar-refractivity contribution is -0.124. The van der Waals surface area contributed by atoms with Crippen LogP contribution in [-0.2, 0) is 21.1 Å². The summed E-state index contributed by atoms with van der Waals surface area (Å²) in [5, 5.41) is 5.71. The third-order valence-electron chi connectivity index (χ3n) is 3.76. The fourth-order valence-electron chi connectivity index (χ4n) is 2.51. The normalized spacial score (nSPS) is 19.6. The molecule has 0 aromatic carbocycles. The molecule has 23 heavy (non-hydrogen) atoms. The number of carbonyl (C=O) groups is 1. The zero-order chi connectivity index (χ0) is 16.3. The van der Waals surface area contributed by atoms with E-state index in [0.29, 0.717) is 19.4 Å². The number of hydrogen-bond donors (Lipinski definition) is 1. The van der Waals surface area contributed by atoms with Gasteiger partial charge < -0.3 is 5.32 Å². The van der Waals surface area contributed by atoms with Gasteiger partial charge in [0.25, 0.3) is 0 Å². The first-order valence-corrected chi connectivity index (χ1v) is 10.1. The largest absolute Gasteiger partial charge is 0.355 e. The van der Waals surface area contributed by atoms with Crippen LogP contribution in [0, 0.1) is 5.92 Å². The molecule has 1 amide bonds. The molecule has 2 aromatic rings. The van der Waals surface area contributed by atoms with E-state index in [1.54, 1.807) is 23.7 Å². The van der Waals surface area contributed by atoms with Gasteiger partial charge in [-0.25, -0.2) is 13.4 Å². The van der Waals surface area contributed by atoms with Gasteiger partial charge in [0, 0.05) is 36.3 Å². The van der Waals surface area contributed by atoms with Crippen molar-refractivity contribution in [3.63, 3.8) is 0 Å². The zero-order valence-electron chi connectivity index (χ0n) is 12.4. The summed E-state index contributed by atoms with van der Waals surface area (Å²) < 4.78 is 22.8. The molecule has 0 bridgehead atoms. The molecule has 0 radical (unpaired) electrons. The predicted octanol–water partition coefficient (Wildman–Crippen LogP) is 1.30. The second kappa shape index (κ2) is 6.76. The van der Waals surface area contributed by atoms with Crippen molar-refractivity contribution in [3.8, 4) is 10.6 Å². The maximum absolute atomic E-state index is 11.9. The first kappa shape index (κ1) is 16.1. The van der Waals surface area contributed by atoms with E-state index in [1.807, 2.05) is 17.5 Å². The number of rotatable bonds is 5. The van der Waals surface area contributed by atoms with Crippen molar-refractivity contribution < 1.29 is 13.2 Å². The van der Waals surface area contributed by atoms with E-state index in [4.69, 9.17) is 0 Å². The van der Waals surface area contributed by atoms with E-state index in [1.165, 1.54) is 0 Å². The van der Waals surface area contributed by atoms with E-state index < -0.39 is 15.8 Å². The van der Waals surface area contributed by atoms with Crippen LogP contribution in [0.3, 0.4) is 0 Å². The number of thiazole rings is 1. The minimum atomic E-state index is -3.02. The van der Waals surface area contributed by atoms with Gasteiger partial charge in [0.05, 0.1) is 23.1 Å². The Labute approximate surface area is 138 Å². The minimum Gasteiger partial charge on any atom is -0.355 e. The van der Waals surface area contributed by atoms with Gasteiger partial charge in [-0.2, -0.15) is 0 Å². The zero-order valence-corrected chi connectivity index (χ0v) is 14.1. The summed E-state index contributed by atoms with van der Waals surface area (Å²) in [6.07, 6.45) is 4.52. The summed E-state index contributed by atoms with van der Waals surface area (Å²) in [7, 11) is -3.02. The topological polar surface area (TPSA) is 89.0 Å². The van der Waals surface area contributed by atoms with Crippen molar-refractivity contribution in [2.75, 3.05) is 18.1 Å². The molecule has 1 aliphatic heterocycles. The molecule has 3 rings (SSSR count). The van der Waals surface area contributed by atoms with Gasteiger partial charge in [-0.05, 0) is 18.6 Å². The van der Waals surface area contributed by atoms with Crippen molar-refractivity contribution in [1.29, 1.82) is 0 Å². The first-order chi connectivity index (χ1) is 11.0. The molecule has 1 N–H and O–H groups in total. The average molecular weight is 351 g/mol. The quantitative estimate of drug-likeness (QED) is 0.877. The number of carbonyl (C=O) groups excluding carboxylic acids is 1. The Bertz CT molecular complexity index is 787. The summed E-state index contributed by atoms with van der Waals surface area (Å²) in [5.74, 6) is -0.479. The summed E-state index contributed by atoms with van der Waals surface area (Å²) in [6.45, 7) is 0.467. The van der Waals surface area contributed by atoms with Crippen molar-refractivity contribution in [2.24, 2.45) is 5.92 Å². The SMILES string of the molecule is O=C(NCCc1csc(-c2ccncc2)n1)[C@H]1CCS(=O)(=O)C1. The van der Waals surface area contributed by atoms with E-state index in [9.17, 15) is 13.2 Å². The Hall–Kier alpha value is -1.80. The third-order valence-corrected chi connectivity index (χ3v) is 6.47. The molecule has 8 heteroatoms. The fourth-order valence-corrected chi connectivity index (χ4v) is 5.11. The number of sulfone groups is 1. The first-order valence-electron chi connectivity index (χ1n) is 7.36. The van der Waals surface area contributed by atoms with E-state index in [-0.39, 0.29) is 17.4 Å². The molecule has 1 fully saturated rings. The van der Waals surface area contributed by atoms with Crippen molar-refractivity contribution in [3.05, 3.63) is 35.6 Å². The highest BCUT2D eigenvalue weighted by atomic mass is 32.2. The number of nitrogens with zero attached hydrogens (tertiary/aromatic N) is 2. The highest BCUT2D eigenvalue weighted by Gasteiger charge is 2.32. The van der Waals surface area contributed by atoms with Crippen LogP contribution in [0.1, 0.15) is 12.1 Å². The standard InChI is InChI=1S/C15H17N3O3S2/c19-14(12-4-8-23(20,21)10-12)17-7-3-13-9-22-15(18-13)11-1-5-16-6-2-11/h1-2,5-6,9,12H,3-4,7-8,10H2,(H,17,19)/t12-/m0/s1. The van der Waals surface area contributed by atoms with Crippen LogP contribution in [0.15, 0.2) is 29.9 Å². The molecule has 0 aliphatic carbocycles. The Balaban J connectivity index is 1.50. The van der Waals surface area contributed by atoms with Crippen molar-refractivity contribution >= 4 is 27.1 Å². The number of hydrogen-bond acceptors (Lipinski definition) is 6. The molecule has 122 valence electrons. The van der Waals surface area contributed by atoms with Gasteiger partial charge >= 0.3 is 0 Å². The maximum atomic E-state index is 11.9. The van der Waals surface area contributed by atoms with Crippen LogP contribution in [0.4, 0.5) is 0 Å². The van der Waals surface area contributed by atoms with Gasteiger partial charge in [0.15, 0.2) is 9.84 Å². The monoisotopic (exact) mass is 351 g/mol. The Morgan fingerprint density at radius 1 is 1.35 bits per heavy atom. The number of nitrogens with one attached hydrogen (secondary N) is 1. The van der Waals surface area contributed by atoms with Crippen LogP contribution in [-0.4, -0.2) is 42.3 Å². The fraction of sp³-hybridized carbons (Fsp3) is 0.400. The molecule has 1 saturated heterocycles. The highest BCUT2D eigenvalue weighted by Crippen LogP contribution is 2.23. The van der Waals surface area contributed by atoms with Gasteiger partial charge in [-0.15, -0.1) is 11.3 Å². The summed E-state index contributed by atoms with van der Waals surface area (Å²) >= 11 is 1.56. The third kappa shape index (κ3) is 4.14. The molecule has 0 spiro atoms. The Kier molecular flexibility index (Phi) is 4.72. The van der Waals surface area contributed by atoms with Crippen LogP contribution in [0.25, 0.3) is 10.6 Å². The molecule has 6 nitrogen and oxygen atoms in total. The highest BCUT2D eigenvalue weighted by molar-refractivity contribution is 7.91. The van der Waals surface area contributed by atoms with Gasteiger partial charge in [0.1, 0.15) is 5.01 Å². The Morgan fingerprint density at radius 3 is 2.83 bits per heavy atom. The Morgan fingerprint density at radius 2 is 2.13 bits per heavy atom. The minimum absolute atomic E-state index is 0.0261. The molecular formula is C15H17N3O3S2. The van der Waals surface area contributed by atoms with E-state index in [0.717, 1.165) is 16.3 Å². The molecule has 3 heterocycles. The molecule has 0 saturated carbocycles. The van der Waals surface area contributed by atoms with E-state index in [2.05, 4.69) is 15.3 Å². The molecular weight excluding hydrogens is 334 g/mol. The lowest BCUT2D eigenvalue weighted by Gasteiger charge is -2.08. The maximum Gasteiger partial charge on any atom is 0.224 e. The van der Waals surface area contributed by atoms with Gasteiger partial charge in [-0.3, -0.25) is 9.78 Å². The molecule has 0 unspecified atom stereocenters. The summed E-state index contributed by atoms with van der Waals surface area (Å²) in [6, 6.07) is 3.82. The lowest BCUT2D eigenvalue weighted by Crippen LogP contribution is -2.32. The smallest absolute Gasteiger partial charge is 0.224 e. The van der Waals surface area contributed by atoms with Crippen LogP contribution in [0.2, 0.25) is 0 Å². The molecule has 2 aromatic heterocycles. The second-order valence-electron chi connectivity index (χ2n) is 5.52. The molecule has 1 atom stereocenters. The van der Waals surface area contributed by atoms with Gasteiger partial charge in [0.2, 0.25) is 5.91 Å². The number of aromatic nitrogens is 2. The number of pyridine rings is 1. The predicted molar refractivity (Wildman–Crippen MR) is 88.8 cm³/mol.